The van der Waals surface area contributed by atoms with Gasteiger partial charge in [0.05, 0.1) is 11.9 Å². The number of hydrogen-bond acceptors (Lipinski definition) is 6. The van der Waals surface area contributed by atoms with Crippen molar-refractivity contribution in [1.29, 1.82) is 0 Å². The number of pyridine rings is 2. The van der Waals surface area contributed by atoms with Gasteiger partial charge in [0.2, 0.25) is 5.88 Å². The van der Waals surface area contributed by atoms with Crippen molar-refractivity contribution in [3.8, 4) is 5.88 Å². The fraction of sp³-hybridized carbons (Fsp3) is 0.267. The molecule has 0 aliphatic carbocycles. The number of carbonyl (C=O) groups is 1. The molecule has 0 spiro atoms. The lowest BCUT2D eigenvalue weighted by Gasteiger charge is -2.35. The van der Waals surface area contributed by atoms with Crippen LogP contribution < -0.4 is 15.4 Å². The number of nitrogens with two attached hydrogens (primary N) is 1. The smallest absolute Gasteiger partial charge is 0.391 e. The maximum absolute atomic E-state index is 12.1. The quantitative estimate of drug-likeness (QED) is 0.902. The molecule has 2 aromatic heterocycles. The van der Waals surface area contributed by atoms with E-state index in [1.165, 1.54) is 0 Å². The Balaban J connectivity index is 1.55. The van der Waals surface area contributed by atoms with Gasteiger partial charge in [0.15, 0.2) is 0 Å². The fourth-order valence-corrected chi connectivity index (χ4v) is 2.29. The van der Waals surface area contributed by atoms with Gasteiger partial charge in [0.25, 0.3) is 0 Å². The summed E-state index contributed by atoms with van der Waals surface area (Å²) in [5.74, 6) is 0.819. The monoisotopic (exact) mass is 299 g/mol. The maximum Gasteiger partial charge on any atom is 0.416 e. The van der Waals surface area contributed by atoms with Gasteiger partial charge < -0.3 is 20.3 Å². The van der Waals surface area contributed by atoms with Crippen LogP contribution >= 0.6 is 0 Å². The van der Waals surface area contributed by atoms with Crippen molar-refractivity contribution in [2.24, 2.45) is 0 Å². The molecule has 0 unspecified atom stereocenters. The van der Waals surface area contributed by atoms with Crippen LogP contribution in [-0.4, -0.2) is 47.1 Å². The van der Waals surface area contributed by atoms with Crippen molar-refractivity contribution in [3.05, 3.63) is 42.7 Å². The molecule has 3 rings (SSSR count). The van der Waals surface area contributed by atoms with E-state index in [9.17, 15) is 4.79 Å². The number of nitrogens with zero attached hydrogens (tertiary/aromatic N) is 4. The molecule has 0 bridgehead atoms. The number of anilines is 2. The van der Waals surface area contributed by atoms with E-state index in [4.69, 9.17) is 10.5 Å². The first-order valence-electron chi connectivity index (χ1n) is 7.06. The van der Waals surface area contributed by atoms with Crippen molar-refractivity contribution in [2.45, 2.75) is 0 Å². The van der Waals surface area contributed by atoms with Crippen LogP contribution in [0.3, 0.4) is 0 Å². The summed E-state index contributed by atoms with van der Waals surface area (Å²) in [4.78, 5) is 24.0. The average molecular weight is 299 g/mol. The molecule has 1 saturated heterocycles. The van der Waals surface area contributed by atoms with Gasteiger partial charge in [-0.2, -0.15) is 0 Å². The van der Waals surface area contributed by atoms with Crippen molar-refractivity contribution in [1.82, 2.24) is 14.9 Å². The van der Waals surface area contributed by atoms with Crippen LogP contribution in [0, 0.1) is 0 Å². The van der Waals surface area contributed by atoms with Crippen LogP contribution in [0.2, 0.25) is 0 Å². The summed E-state index contributed by atoms with van der Waals surface area (Å²) in [6.45, 7) is 2.64. The van der Waals surface area contributed by atoms with Crippen LogP contribution in [0.15, 0.2) is 42.7 Å². The van der Waals surface area contributed by atoms with Gasteiger partial charge >= 0.3 is 6.09 Å². The predicted octanol–water partition coefficient (Wildman–Crippen LogP) is 1.38. The molecule has 0 atom stereocenters. The highest BCUT2D eigenvalue weighted by Gasteiger charge is 2.23. The van der Waals surface area contributed by atoms with Gasteiger partial charge in [-0.25, -0.2) is 14.8 Å². The molecule has 114 valence electrons. The third kappa shape index (κ3) is 3.25. The second-order valence-electron chi connectivity index (χ2n) is 4.95. The van der Waals surface area contributed by atoms with Crippen LogP contribution in [0.25, 0.3) is 0 Å². The molecule has 22 heavy (non-hydrogen) atoms. The van der Waals surface area contributed by atoms with E-state index in [-0.39, 0.29) is 6.09 Å². The molecule has 0 radical (unpaired) electrons. The van der Waals surface area contributed by atoms with E-state index in [0.29, 0.717) is 24.8 Å². The van der Waals surface area contributed by atoms with Crippen LogP contribution in [0.5, 0.6) is 5.88 Å². The van der Waals surface area contributed by atoms with E-state index >= 15 is 0 Å². The second-order valence-corrected chi connectivity index (χ2v) is 4.95. The maximum atomic E-state index is 12.1. The number of hydrogen-bond donors (Lipinski definition) is 1. The standard InChI is InChI=1S/C15H17N5O2/c16-13-5-4-12(11-18-13)19-7-9-20(10-8-19)15(21)22-14-3-1-2-6-17-14/h1-6,11H,7-10H2,(H2,16,18). The molecule has 1 fully saturated rings. The molecule has 3 heterocycles. The van der Waals surface area contributed by atoms with Gasteiger partial charge in [0, 0.05) is 38.4 Å². The largest absolute Gasteiger partial charge is 0.416 e. The number of piperazine rings is 1. The van der Waals surface area contributed by atoms with Gasteiger partial charge in [-0.05, 0) is 18.2 Å². The summed E-state index contributed by atoms with van der Waals surface area (Å²) < 4.78 is 5.24. The Morgan fingerprint density at radius 3 is 2.55 bits per heavy atom. The Labute approximate surface area is 128 Å². The van der Waals surface area contributed by atoms with Crippen LogP contribution in [0.4, 0.5) is 16.3 Å². The zero-order valence-corrected chi connectivity index (χ0v) is 12.1. The van der Waals surface area contributed by atoms with Gasteiger partial charge in [-0.3, -0.25) is 0 Å². The summed E-state index contributed by atoms with van der Waals surface area (Å²) in [6, 6.07) is 8.92. The molecule has 0 saturated carbocycles. The van der Waals surface area contributed by atoms with E-state index in [1.807, 2.05) is 6.07 Å². The van der Waals surface area contributed by atoms with Crippen LogP contribution in [-0.2, 0) is 0 Å². The SMILES string of the molecule is Nc1ccc(N2CCN(C(=O)Oc3ccccn3)CC2)cn1. The summed E-state index contributed by atoms with van der Waals surface area (Å²) in [5, 5.41) is 0. The first kappa shape index (κ1) is 14.1. The van der Waals surface area contributed by atoms with Gasteiger partial charge in [-0.1, -0.05) is 6.07 Å². The van der Waals surface area contributed by atoms with E-state index < -0.39 is 0 Å². The molecular formula is C15H17N5O2. The molecule has 7 heteroatoms. The molecule has 1 aliphatic heterocycles. The number of aromatic nitrogens is 2. The first-order chi connectivity index (χ1) is 10.7. The molecule has 2 aromatic rings. The molecule has 0 aromatic carbocycles. The third-order valence-electron chi connectivity index (χ3n) is 3.50. The third-order valence-corrected chi connectivity index (χ3v) is 3.50. The van der Waals surface area contributed by atoms with E-state index in [1.54, 1.807) is 41.6 Å². The number of nitrogen functional groups attached to an aromatic ring is 1. The highest BCUT2D eigenvalue weighted by atomic mass is 16.6. The van der Waals surface area contributed by atoms with E-state index in [2.05, 4.69) is 14.9 Å². The highest BCUT2D eigenvalue weighted by Crippen LogP contribution is 2.17. The summed E-state index contributed by atoms with van der Waals surface area (Å²) in [5.41, 5.74) is 6.59. The predicted molar refractivity (Wildman–Crippen MR) is 82.7 cm³/mol. The minimum atomic E-state index is -0.367. The zero-order valence-electron chi connectivity index (χ0n) is 12.1. The van der Waals surface area contributed by atoms with Gasteiger partial charge in [0.1, 0.15) is 5.82 Å². The Morgan fingerprint density at radius 1 is 1.09 bits per heavy atom. The van der Waals surface area contributed by atoms with E-state index in [0.717, 1.165) is 18.8 Å². The number of rotatable bonds is 2. The summed E-state index contributed by atoms with van der Waals surface area (Å²) >= 11 is 0. The Hall–Kier alpha value is -2.83. The summed E-state index contributed by atoms with van der Waals surface area (Å²) in [7, 11) is 0. The highest BCUT2D eigenvalue weighted by molar-refractivity contribution is 5.70. The molecule has 7 nitrogen and oxygen atoms in total. The Morgan fingerprint density at radius 2 is 1.91 bits per heavy atom. The lowest BCUT2D eigenvalue weighted by molar-refractivity contribution is 0.147. The van der Waals surface area contributed by atoms with Crippen molar-refractivity contribution >= 4 is 17.6 Å². The lowest BCUT2D eigenvalue weighted by atomic mass is 10.3. The minimum absolute atomic E-state index is 0.317. The number of ether oxygens (including phenoxy) is 1. The minimum Gasteiger partial charge on any atom is -0.391 e. The molecule has 1 aliphatic rings. The topological polar surface area (TPSA) is 84.6 Å². The van der Waals surface area contributed by atoms with Crippen molar-refractivity contribution < 1.29 is 9.53 Å². The molecular weight excluding hydrogens is 282 g/mol. The fourth-order valence-electron chi connectivity index (χ4n) is 2.29. The number of carbonyl (C=O) groups excluding carboxylic acids is 1. The zero-order chi connectivity index (χ0) is 15.4. The van der Waals surface area contributed by atoms with Crippen molar-refractivity contribution in [3.63, 3.8) is 0 Å². The molecule has 1 amide bonds. The molecule has 2 N–H and O–H groups in total. The normalized spacial score (nSPS) is 14.7. The lowest BCUT2D eigenvalue weighted by Crippen LogP contribution is -2.49. The Kier molecular flexibility index (Phi) is 4.04. The summed E-state index contributed by atoms with van der Waals surface area (Å²) in [6.07, 6.45) is 2.97. The second kappa shape index (κ2) is 6.30. The van der Waals surface area contributed by atoms with Crippen LogP contribution in [0.1, 0.15) is 0 Å². The Bertz CT molecular complexity index is 624. The van der Waals surface area contributed by atoms with Crippen molar-refractivity contribution in [2.75, 3.05) is 36.8 Å². The number of amides is 1. The first-order valence-corrected chi connectivity index (χ1v) is 7.06. The van der Waals surface area contributed by atoms with Gasteiger partial charge in [-0.15, -0.1) is 0 Å². The average Bonchev–Trinajstić information content (AvgIpc) is 2.57.